The van der Waals surface area contributed by atoms with E-state index in [2.05, 4.69) is 0 Å². The highest BCUT2D eigenvalue weighted by atomic mass is 35.5. The van der Waals surface area contributed by atoms with E-state index in [1.165, 1.54) is 30.3 Å². The molecule has 0 spiro atoms. The van der Waals surface area contributed by atoms with E-state index in [9.17, 15) is 14.0 Å². The number of ketones is 1. The molecule has 5 heteroatoms. The Balaban J connectivity index is 1.86. The van der Waals surface area contributed by atoms with Crippen molar-refractivity contribution in [2.75, 3.05) is 6.61 Å². The van der Waals surface area contributed by atoms with Gasteiger partial charge in [0.05, 0.1) is 0 Å². The third-order valence-corrected chi connectivity index (χ3v) is 3.05. The topological polar surface area (TPSA) is 43.4 Å². The van der Waals surface area contributed by atoms with Crippen LogP contribution < -0.4 is 0 Å². The van der Waals surface area contributed by atoms with Gasteiger partial charge in [-0.15, -0.1) is 0 Å². The molecule has 112 valence electrons. The van der Waals surface area contributed by atoms with E-state index in [1.807, 2.05) is 0 Å². The van der Waals surface area contributed by atoms with Crippen LogP contribution in [0.2, 0.25) is 5.02 Å². The van der Waals surface area contributed by atoms with Gasteiger partial charge in [-0.3, -0.25) is 4.79 Å². The molecule has 22 heavy (non-hydrogen) atoms. The molecule has 0 aliphatic heterocycles. The minimum absolute atomic E-state index is 0.288. The second-order valence-corrected chi connectivity index (χ2v) is 4.86. The van der Waals surface area contributed by atoms with E-state index in [1.54, 1.807) is 30.3 Å². The Bertz CT molecular complexity index is 691. The van der Waals surface area contributed by atoms with Crippen molar-refractivity contribution in [3.63, 3.8) is 0 Å². The first-order chi connectivity index (χ1) is 10.5. The maximum absolute atomic E-state index is 12.7. The van der Waals surface area contributed by atoms with Gasteiger partial charge in [0.2, 0.25) is 0 Å². The smallest absolute Gasteiger partial charge is 0.331 e. The number of esters is 1. The van der Waals surface area contributed by atoms with Gasteiger partial charge in [-0.25, -0.2) is 9.18 Å². The monoisotopic (exact) mass is 318 g/mol. The molecule has 2 rings (SSSR count). The second-order valence-electron chi connectivity index (χ2n) is 4.42. The molecule has 2 aromatic rings. The summed E-state index contributed by atoms with van der Waals surface area (Å²) in [6.45, 7) is -0.393. The summed E-state index contributed by atoms with van der Waals surface area (Å²) >= 11 is 5.75. The van der Waals surface area contributed by atoms with E-state index in [0.717, 1.165) is 5.56 Å². The van der Waals surface area contributed by atoms with E-state index in [0.29, 0.717) is 5.02 Å². The van der Waals surface area contributed by atoms with Crippen molar-refractivity contribution in [1.82, 2.24) is 0 Å². The van der Waals surface area contributed by atoms with Gasteiger partial charge in [-0.1, -0.05) is 23.7 Å². The highest BCUT2D eigenvalue weighted by Gasteiger charge is 2.08. The van der Waals surface area contributed by atoms with Gasteiger partial charge in [0.15, 0.2) is 12.4 Å². The molecule has 0 aliphatic carbocycles. The SMILES string of the molecule is O=C(C=Cc1ccc(Cl)cc1)OCC(=O)c1ccc(F)cc1. The largest absolute Gasteiger partial charge is 0.454 e. The van der Waals surface area contributed by atoms with E-state index >= 15 is 0 Å². The summed E-state index contributed by atoms with van der Waals surface area (Å²) in [6.07, 6.45) is 2.78. The van der Waals surface area contributed by atoms with Crippen LogP contribution in [-0.4, -0.2) is 18.4 Å². The Morgan fingerprint density at radius 1 is 1.05 bits per heavy atom. The standard InChI is InChI=1S/C17H12ClFO3/c18-14-6-1-12(2-7-14)3-10-17(21)22-11-16(20)13-4-8-15(19)9-5-13/h1-10H,11H2. The first kappa shape index (κ1) is 15.9. The van der Waals surface area contributed by atoms with Crippen LogP contribution in [0, 0.1) is 5.82 Å². The van der Waals surface area contributed by atoms with Gasteiger partial charge in [0, 0.05) is 16.7 Å². The summed E-state index contributed by atoms with van der Waals surface area (Å²) in [4.78, 5) is 23.3. The van der Waals surface area contributed by atoms with Crippen molar-refractivity contribution < 1.29 is 18.7 Å². The molecule has 3 nitrogen and oxygen atoms in total. The second kappa shape index (κ2) is 7.52. The molecule has 0 N–H and O–H groups in total. The van der Waals surface area contributed by atoms with Gasteiger partial charge in [0.25, 0.3) is 0 Å². The van der Waals surface area contributed by atoms with E-state index in [-0.39, 0.29) is 5.56 Å². The molecule has 0 unspecified atom stereocenters. The third kappa shape index (κ3) is 4.82. The quantitative estimate of drug-likeness (QED) is 0.477. The molecule has 0 aliphatic rings. The number of benzene rings is 2. The fraction of sp³-hybridized carbons (Fsp3) is 0.0588. The molecule has 0 bridgehead atoms. The molecule has 0 heterocycles. The number of hydrogen-bond donors (Lipinski definition) is 0. The van der Waals surface area contributed by atoms with E-state index < -0.39 is 24.2 Å². The van der Waals surface area contributed by atoms with Crippen LogP contribution in [0.5, 0.6) is 0 Å². The summed E-state index contributed by atoms with van der Waals surface area (Å²) < 4.78 is 17.6. The fourth-order valence-corrected chi connectivity index (χ4v) is 1.77. The summed E-state index contributed by atoms with van der Waals surface area (Å²) in [5, 5.41) is 0.602. The average molecular weight is 319 g/mol. The zero-order valence-corrected chi connectivity index (χ0v) is 12.2. The number of rotatable bonds is 5. The van der Waals surface area contributed by atoms with Crippen molar-refractivity contribution >= 4 is 29.4 Å². The average Bonchev–Trinajstić information content (AvgIpc) is 2.52. The maximum Gasteiger partial charge on any atom is 0.331 e. The lowest BCUT2D eigenvalue weighted by Crippen LogP contribution is -2.12. The summed E-state index contributed by atoms with van der Waals surface area (Å²) in [7, 11) is 0. The zero-order valence-electron chi connectivity index (χ0n) is 11.5. The minimum Gasteiger partial charge on any atom is -0.454 e. The molecular weight excluding hydrogens is 307 g/mol. The molecular formula is C17H12ClFO3. The van der Waals surface area contributed by atoms with Crippen LogP contribution >= 0.6 is 11.6 Å². The molecule has 0 amide bonds. The lowest BCUT2D eigenvalue weighted by Gasteiger charge is -2.02. The molecule has 2 aromatic carbocycles. The first-order valence-electron chi connectivity index (χ1n) is 6.44. The van der Waals surface area contributed by atoms with Crippen LogP contribution in [0.4, 0.5) is 4.39 Å². The highest BCUT2D eigenvalue weighted by molar-refractivity contribution is 6.30. The molecule has 0 radical (unpaired) electrons. The lowest BCUT2D eigenvalue weighted by atomic mass is 10.1. The highest BCUT2D eigenvalue weighted by Crippen LogP contribution is 2.10. The van der Waals surface area contributed by atoms with Crippen molar-refractivity contribution in [2.24, 2.45) is 0 Å². The van der Waals surface area contributed by atoms with Gasteiger partial charge in [-0.2, -0.15) is 0 Å². The van der Waals surface area contributed by atoms with Gasteiger partial charge < -0.3 is 4.74 Å². The molecule has 0 fully saturated rings. The van der Waals surface area contributed by atoms with Crippen LogP contribution in [0.1, 0.15) is 15.9 Å². The zero-order chi connectivity index (χ0) is 15.9. The van der Waals surface area contributed by atoms with E-state index in [4.69, 9.17) is 16.3 Å². The predicted molar refractivity (Wildman–Crippen MR) is 82.2 cm³/mol. The Hall–Kier alpha value is -2.46. The predicted octanol–water partition coefficient (Wildman–Crippen LogP) is 3.92. The molecule has 0 aromatic heterocycles. The van der Waals surface area contributed by atoms with Gasteiger partial charge in [0.1, 0.15) is 5.82 Å². The van der Waals surface area contributed by atoms with Crippen LogP contribution in [0.3, 0.4) is 0 Å². The third-order valence-electron chi connectivity index (χ3n) is 2.79. The summed E-state index contributed by atoms with van der Waals surface area (Å²) in [5.74, 6) is -1.46. The van der Waals surface area contributed by atoms with Crippen LogP contribution in [0.15, 0.2) is 54.6 Å². The summed E-state index contributed by atoms with van der Waals surface area (Å²) in [6, 6.07) is 11.9. The van der Waals surface area contributed by atoms with Crippen molar-refractivity contribution in [3.05, 3.63) is 76.6 Å². The molecule has 0 saturated carbocycles. The Labute approximate surface area is 132 Å². The first-order valence-corrected chi connectivity index (χ1v) is 6.81. The van der Waals surface area contributed by atoms with Crippen molar-refractivity contribution in [1.29, 1.82) is 0 Å². The fourth-order valence-electron chi connectivity index (χ4n) is 1.64. The van der Waals surface area contributed by atoms with Gasteiger partial charge >= 0.3 is 5.97 Å². The van der Waals surface area contributed by atoms with Crippen molar-refractivity contribution in [2.45, 2.75) is 0 Å². The van der Waals surface area contributed by atoms with Gasteiger partial charge in [-0.05, 0) is 48.0 Å². The lowest BCUT2D eigenvalue weighted by molar-refractivity contribution is -0.136. The molecule has 0 atom stereocenters. The number of halogens is 2. The van der Waals surface area contributed by atoms with Crippen molar-refractivity contribution in [3.8, 4) is 0 Å². The number of ether oxygens (including phenoxy) is 1. The maximum atomic E-state index is 12.7. The van der Waals surface area contributed by atoms with Crippen LogP contribution in [0.25, 0.3) is 6.08 Å². The Kier molecular flexibility index (Phi) is 5.44. The summed E-state index contributed by atoms with van der Waals surface area (Å²) in [5.41, 5.74) is 1.07. The molecule has 0 saturated heterocycles. The number of carbonyl (C=O) groups is 2. The minimum atomic E-state index is -0.634. The number of Topliss-reactive ketones (excluding diaryl/α,β-unsaturated/α-hetero) is 1. The number of carbonyl (C=O) groups excluding carboxylic acids is 2. The van der Waals surface area contributed by atoms with Crippen LogP contribution in [-0.2, 0) is 9.53 Å². The normalized spacial score (nSPS) is 10.6. The Morgan fingerprint density at radius 2 is 1.68 bits per heavy atom. The number of hydrogen-bond acceptors (Lipinski definition) is 3. The Morgan fingerprint density at radius 3 is 2.32 bits per heavy atom.